The van der Waals surface area contributed by atoms with Crippen molar-refractivity contribution in [3.05, 3.63) is 28.7 Å². The third kappa shape index (κ3) is 3.17. The molecule has 0 bridgehead atoms. The van der Waals surface area contributed by atoms with Gasteiger partial charge in [-0.25, -0.2) is 0 Å². The molecule has 1 aromatic rings. The molecule has 6 heteroatoms. The van der Waals surface area contributed by atoms with Crippen LogP contribution in [0.4, 0.5) is 5.69 Å². The minimum atomic E-state index is -0.225. The van der Waals surface area contributed by atoms with Gasteiger partial charge >= 0.3 is 0 Å². The Labute approximate surface area is 138 Å². The van der Waals surface area contributed by atoms with Crippen LogP contribution in [0.2, 0.25) is 0 Å². The van der Waals surface area contributed by atoms with E-state index in [-0.39, 0.29) is 17.7 Å². The van der Waals surface area contributed by atoms with Gasteiger partial charge in [0.25, 0.3) is 0 Å². The molecule has 0 aliphatic carbocycles. The zero-order valence-electron chi connectivity index (χ0n) is 12.6. The second kappa shape index (κ2) is 6.38. The van der Waals surface area contributed by atoms with Crippen LogP contribution < -0.4 is 10.2 Å². The fraction of sp³-hybridized carbons (Fsp3) is 0.500. The Morgan fingerprint density at radius 2 is 2.18 bits per heavy atom. The Morgan fingerprint density at radius 3 is 2.91 bits per heavy atom. The van der Waals surface area contributed by atoms with E-state index in [1.54, 1.807) is 4.90 Å². The molecule has 22 heavy (non-hydrogen) atoms. The molecule has 2 unspecified atom stereocenters. The van der Waals surface area contributed by atoms with Crippen molar-refractivity contribution in [2.24, 2.45) is 5.92 Å². The molecule has 0 aromatic heterocycles. The SMILES string of the molecule is CC1CN(C(=O)C2CC(=O)N(c3cccc(Br)c3)C2)CCN1. The number of nitrogens with zero attached hydrogens (tertiary/aromatic N) is 2. The summed E-state index contributed by atoms with van der Waals surface area (Å²) in [5, 5.41) is 3.33. The smallest absolute Gasteiger partial charge is 0.228 e. The summed E-state index contributed by atoms with van der Waals surface area (Å²) in [6, 6.07) is 7.96. The van der Waals surface area contributed by atoms with Gasteiger partial charge in [-0.15, -0.1) is 0 Å². The van der Waals surface area contributed by atoms with Crippen molar-refractivity contribution in [3.8, 4) is 0 Å². The van der Waals surface area contributed by atoms with Crippen LogP contribution in [0.1, 0.15) is 13.3 Å². The van der Waals surface area contributed by atoms with Crippen molar-refractivity contribution in [1.82, 2.24) is 10.2 Å². The van der Waals surface area contributed by atoms with Gasteiger partial charge in [0.2, 0.25) is 11.8 Å². The molecule has 2 atom stereocenters. The van der Waals surface area contributed by atoms with Gasteiger partial charge in [-0.3, -0.25) is 9.59 Å². The molecule has 2 amide bonds. The molecule has 2 heterocycles. The van der Waals surface area contributed by atoms with Crippen molar-refractivity contribution in [2.45, 2.75) is 19.4 Å². The van der Waals surface area contributed by atoms with Crippen LogP contribution in [0.25, 0.3) is 0 Å². The summed E-state index contributed by atoms with van der Waals surface area (Å²) < 4.78 is 0.934. The molecule has 2 aliphatic heterocycles. The molecular weight excluding hydrogens is 346 g/mol. The normalized spacial score (nSPS) is 25.6. The van der Waals surface area contributed by atoms with E-state index in [1.165, 1.54) is 0 Å². The summed E-state index contributed by atoms with van der Waals surface area (Å²) in [6.07, 6.45) is 0.309. The Hall–Kier alpha value is -1.40. The highest BCUT2D eigenvalue weighted by Gasteiger charge is 2.37. The van der Waals surface area contributed by atoms with Gasteiger partial charge < -0.3 is 15.1 Å². The Morgan fingerprint density at radius 1 is 1.36 bits per heavy atom. The molecule has 1 N–H and O–H groups in total. The molecule has 0 spiro atoms. The van der Waals surface area contributed by atoms with Crippen molar-refractivity contribution in [2.75, 3.05) is 31.1 Å². The Bertz CT molecular complexity index is 593. The maximum atomic E-state index is 12.6. The standard InChI is InChI=1S/C16H20BrN3O2/c1-11-9-19(6-5-18-11)16(22)12-7-15(21)20(10-12)14-4-2-3-13(17)8-14/h2-4,8,11-12,18H,5-7,9-10H2,1H3. The number of hydrogen-bond acceptors (Lipinski definition) is 3. The summed E-state index contributed by atoms with van der Waals surface area (Å²) in [6.45, 7) is 4.83. The first-order chi connectivity index (χ1) is 10.5. The number of amides is 2. The predicted molar refractivity (Wildman–Crippen MR) is 88.6 cm³/mol. The highest BCUT2D eigenvalue weighted by molar-refractivity contribution is 9.10. The van der Waals surface area contributed by atoms with Crippen LogP contribution in [0.15, 0.2) is 28.7 Å². The minimum Gasteiger partial charge on any atom is -0.340 e. The number of rotatable bonds is 2. The lowest BCUT2D eigenvalue weighted by atomic mass is 10.1. The fourth-order valence-electron chi connectivity index (χ4n) is 3.16. The van der Waals surface area contributed by atoms with Crippen LogP contribution in [0.5, 0.6) is 0 Å². The van der Waals surface area contributed by atoms with Crippen LogP contribution in [-0.4, -0.2) is 48.9 Å². The first-order valence-electron chi connectivity index (χ1n) is 7.62. The maximum Gasteiger partial charge on any atom is 0.228 e. The number of carbonyl (C=O) groups is 2. The lowest BCUT2D eigenvalue weighted by Crippen LogP contribution is -2.53. The van der Waals surface area contributed by atoms with Crippen molar-refractivity contribution < 1.29 is 9.59 Å². The second-order valence-electron chi connectivity index (χ2n) is 6.02. The number of hydrogen-bond donors (Lipinski definition) is 1. The molecule has 118 valence electrons. The molecule has 3 rings (SSSR count). The van der Waals surface area contributed by atoms with E-state index in [2.05, 4.69) is 28.2 Å². The van der Waals surface area contributed by atoms with E-state index >= 15 is 0 Å². The van der Waals surface area contributed by atoms with E-state index < -0.39 is 0 Å². The molecule has 0 radical (unpaired) electrons. The first kappa shape index (κ1) is 15.5. The topological polar surface area (TPSA) is 52.7 Å². The number of halogens is 1. The highest BCUT2D eigenvalue weighted by Crippen LogP contribution is 2.28. The van der Waals surface area contributed by atoms with Gasteiger partial charge in [-0.2, -0.15) is 0 Å². The summed E-state index contributed by atoms with van der Waals surface area (Å²) in [5.41, 5.74) is 0.850. The predicted octanol–water partition coefficient (Wildman–Crippen LogP) is 1.62. The van der Waals surface area contributed by atoms with Crippen molar-refractivity contribution in [3.63, 3.8) is 0 Å². The van der Waals surface area contributed by atoms with Crippen molar-refractivity contribution >= 4 is 33.4 Å². The largest absolute Gasteiger partial charge is 0.340 e. The monoisotopic (exact) mass is 365 g/mol. The average molecular weight is 366 g/mol. The molecule has 0 saturated carbocycles. The summed E-state index contributed by atoms with van der Waals surface area (Å²) in [5.74, 6) is -0.0874. The fourth-order valence-corrected chi connectivity index (χ4v) is 3.54. The number of piperazine rings is 1. The van der Waals surface area contributed by atoms with E-state index in [0.717, 1.165) is 29.8 Å². The Kier molecular flexibility index (Phi) is 4.49. The minimum absolute atomic E-state index is 0.0274. The van der Waals surface area contributed by atoms with Gasteiger partial charge in [0.1, 0.15) is 0 Å². The summed E-state index contributed by atoms with van der Waals surface area (Å²) in [7, 11) is 0. The maximum absolute atomic E-state index is 12.6. The number of anilines is 1. The number of carbonyl (C=O) groups excluding carboxylic acids is 2. The van der Waals surface area contributed by atoms with E-state index in [1.807, 2.05) is 29.2 Å². The van der Waals surface area contributed by atoms with Gasteiger partial charge in [0.05, 0.1) is 5.92 Å². The summed E-state index contributed by atoms with van der Waals surface area (Å²) in [4.78, 5) is 28.5. The van der Waals surface area contributed by atoms with Gasteiger partial charge in [0, 0.05) is 48.8 Å². The van der Waals surface area contributed by atoms with Crippen LogP contribution in [0.3, 0.4) is 0 Å². The second-order valence-corrected chi connectivity index (χ2v) is 6.94. The number of benzene rings is 1. The van der Waals surface area contributed by atoms with Crippen molar-refractivity contribution in [1.29, 1.82) is 0 Å². The average Bonchev–Trinajstić information content (AvgIpc) is 2.88. The molecule has 5 nitrogen and oxygen atoms in total. The van der Waals surface area contributed by atoms with E-state index in [4.69, 9.17) is 0 Å². The van der Waals surface area contributed by atoms with Gasteiger partial charge in [-0.05, 0) is 25.1 Å². The summed E-state index contributed by atoms with van der Waals surface area (Å²) >= 11 is 3.42. The van der Waals surface area contributed by atoms with Crippen LogP contribution in [0, 0.1) is 5.92 Å². The third-order valence-electron chi connectivity index (χ3n) is 4.27. The molecular formula is C16H20BrN3O2. The third-order valence-corrected chi connectivity index (χ3v) is 4.77. The van der Waals surface area contributed by atoms with Crippen LogP contribution in [-0.2, 0) is 9.59 Å². The zero-order chi connectivity index (χ0) is 15.7. The van der Waals surface area contributed by atoms with Crippen LogP contribution >= 0.6 is 15.9 Å². The first-order valence-corrected chi connectivity index (χ1v) is 8.42. The molecule has 2 fully saturated rings. The van der Waals surface area contributed by atoms with Gasteiger partial charge in [-0.1, -0.05) is 22.0 Å². The highest BCUT2D eigenvalue weighted by atomic mass is 79.9. The molecule has 2 saturated heterocycles. The zero-order valence-corrected chi connectivity index (χ0v) is 14.2. The lowest BCUT2D eigenvalue weighted by molar-refractivity contribution is -0.136. The van der Waals surface area contributed by atoms with Gasteiger partial charge in [0.15, 0.2) is 0 Å². The number of nitrogens with one attached hydrogen (secondary N) is 1. The quantitative estimate of drug-likeness (QED) is 0.866. The Balaban J connectivity index is 1.70. The van der Waals surface area contributed by atoms with E-state index in [0.29, 0.717) is 19.0 Å². The molecule has 2 aliphatic rings. The van der Waals surface area contributed by atoms with E-state index in [9.17, 15) is 9.59 Å². The lowest BCUT2D eigenvalue weighted by Gasteiger charge is -2.33. The molecule has 1 aromatic carbocycles.